The Kier molecular flexibility index (Phi) is 3.43. The number of pyridine rings is 1. The van der Waals surface area contributed by atoms with Crippen LogP contribution >= 0.6 is 11.6 Å². The summed E-state index contributed by atoms with van der Waals surface area (Å²) >= 11 is 6.33. The van der Waals surface area contributed by atoms with Gasteiger partial charge >= 0.3 is 0 Å². The predicted molar refractivity (Wildman–Crippen MR) is 94.1 cm³/mol. The second kappa shape index (κ2) is 5.60. The van der Waals surface area contributed by atoms with Crippen LogP contribution in [0, 0.1) is 0 Å². The van der Waals surface area contributed by atoms with Crippen LogP contribution in [-0.4, -0.2) is 14.7 Å². The lowest BCUT2D eigenvalue weighted by atomic mass is 10.1. The highest BCUT2D eigenvalue weighted by Crippen LogP contribution is 2.30. The smallest absolute Gasteiger partial charge is 0.139 e. The summed E-state index contributed by atoms with van der Waals surface area (Å²) in [5.74, 6) is 0.303. The molecule has 4 rings (SSSR count). The Morgan fingerprint density at radius 1 is 1.00 bits per heavy atom. The molecular formula is C19H15ClN2O. The molecule has 0 amide bonds. The summed E-state index contributed by atoms with van der Waals surface area (Å²) in [6, 6.07) is 17.4. The van der Waals surface area contributed by atoms with E-state index in [0.717, 1.165) is 40.3 Å². The van der Waals surface area contributed by atoms with Crippen LogP contribution in [0.1, 0.15) is 5.56 Å². The minimum absolute atomic E-state index is 0.303. The summed E-state index contributed by atoms with van der Waals surface area (Å²) in [4.78, 5) is 4.47. The Morgan fingerprint density at radius 2 is 1.87 bits per heavy atom. The number of aromatic nitrogens is 2. The molecule has 1 N–H and O–H groups in total. The molecule has 0 aliphatic rings. The third-order valence-electron chi connectivity index (χ3n) is 4.12. The molecule has 0 aliphatic heterocycles. The molecular weight excluding hydrogens is 308 g/mol. The Balaban J connectivity index is 1.78. The Morgan fingerprint density at radius 3 is 2.74 bits per heavy atom. The molecule has 0 atom stereocenters. The number of halogens is 1. The van der Waals surface area contributed by atoms with Gasteiger partial charge in [-0.2, -0.15) is 0 Å². The average molecular weight is 323 g/mol. The Labute approximate surface area is 138 Å². The van der Waals surface area contributed by atoms with E-state index in [0.29, 0.717) is 10.9 Å². The van der Waals surface area contributed by atoms with Gasteiger partial charge in [-0.05, 0) is 36.2 Å². The summed E-state index contributed by atoms with van der Waals surface area (Å²) in [6.07, 6.45) is 2.89. The van der Waals surface area contributed by atoms with Gasteiger partial charge < -0.3 is 9.67 Å². The van der Waals surface area contributed by atoms with Crippen LogP contribution in [0.5, 0.6) is 5.75 Å². The fourth-order valence-electron chi connectivity index (χ4n) is 3.02. The van der Waals surface area contributed by atoms with E-state index in [1.54, 1.807) is 12.1 Å². The van der Waals surface area contributed by atoms with Gasteiger partial charge in [-0.25, -0.2) is 4.98 Å². The van der Waals surface area contributed by atoms with Crippen molar-refractivity contribution in [3.8, 4) is 5.75 Å². The van der Waals surface area contributed by atoms with Crippen molar-refractivity contribution in [3.05, 3.63) is 71.5 Å². The van der Waals surface area contributed by atoms with Crippen molar-refractivity contribution in [1.82, 2.24) is 9.55 Å². The number of hydrogen-bond donors (Lipinski definition) is 1. The molecule has 114 valence electrons. The molecule has 0 saturated heterocycles. The second-order valence-corrected chi connectivity index (χ2v) is 5.97. The predicted octanol–water partition coefficient (Wildman–Crippen LogP) is 4.79. The number of phenolic OH excluding ortho intramolecular Hbond substituents is 1. The molecule has 0 fully saturated rings. The summed E-state index contributed by atoms with van der Waals surface area (Å²) in [5, 5.41) is 12.2. The highest BCUT2D eigenvalue weighted by molar-refractivity contribution is 6.35. The van der Waals surface area contributed by atoms with Gasteiger partial charge in [-0.1, -0.05) is 41.9 Å². The molecule has 0 unspecified atom stereocenters. The first-order chi connectivity index (χ1) is 11.2. The second-order valence-electron chi connectivity index (χ2n) is 5.61. The third-order valence-corrected chi connectivity index (χ3v) is 4.40. The number of para-hydroxylation sites is 1. The van der Waals surface area contributed by atoms with Gasteiger partial charge in [0.15, 0.2) is 0 Å². The fraction of sp³-hybridized carbons (Fsp3) is 0.105. The van der Waals surface area contributed by atoms with E-state index in [1.807, 2.05) is 42.6 Å². The third kappa shape index (κ3) is 2.53. The maximum atomic E-state index is 9.59. The highest BCUT2D eigenvalue weighted by atomic mass is 35.5. The first-order valence-corrected chi connectivity index (χ1v) is 7.91. The van der Waals surface area contributed by atoms with Crippen molar-refractivity contribution in [2.24, 2.45) is 0 Å². The van der Waals surface area contributed by atoms with Gasteiger partial charge in [0.05, 0.1) is 11.0 Å². The topological polar surface area (TPSA) is 38.0 Å². The molecule has 0 saturated carbocycles. The van der Waals surface area contributed by atoms with E-state index in [-0.39, 0.29) is 0 Å². The molecule has 0 spiro atoms. The number of fused-ring (bicyclic) bond motifs is 3. The molecule has 2 aromatic carbocycles. The standard InChI is InChI=1S/C19H15ClN2O/c20-19-16-9-11-22(10-8-13-4-3-5-14(23)12-13)18(16)15-6-1-2-7-17(15)21-19/h1-7,9,11-12,23H,8,10H2. The van der Waals surface area contributed by atoms with Gasteiger partial charge in [0.2, 0.25) is 0 Å². The average Bonchev–Trinajstić information content (AvgIpc) is 2.98. The van der Waals surface area contributed by atoms with Crippen molar-refractivity contribution in [1.29, 1.82) is 0 Å². The molecule has 0 bridgehead atoms. The van der Waals surface area contributed by atoms with Crippen molar-refractivity contribution < 1.29 is 5.11 Å². The Bertz CT molecular complexity index is 1010. The quantitative estimate of drug-likeness (QED) is 0.551. The van der Waals surface area contributed by atoms with Crippen LogP contribution in [-0.2, 0) is 13.0 Å². The Hall–Kier alpha value is -2.52. The summed E-state index contributed by atoms with van der Waals surface area (Å²) in [5.41, 5.74) is 3.12. The van der Waals surface area contributed by atoms with Crippen LogP contribution in [0.15, 0.2) is 60.8 Å². The lowest BCUT2D eigenvalue weighted by Gasteiger charge is -2.09. The van der Waals surface area contributed by atoms with E-state index >= 15 is 0 Å². The molecule has 2 aromatic heterocycles. The molecule has 2 heterocycles. The first kappa shape index (κ1) is 14.1. The molecule has 0 aliphatic carbocycles. The summed E-state index contributed by atoms with van der Waals surface area (Å²) in [6.45, 7) is 0.817. The van der Waals surface area contributed by atoms with E-state index in [4.69, 9.17) is 11.6 Å². The maximum absolute atomic E-state index is 9.59. The van der Waals surface area contributed by atoms with E-state index in [9.17, 15) is 5.11 Å². The zero-order valence-electron chi connectivity index (χ0n) is 12.4. The zero-order valence-corrected chi connectivity index (χ0v) is 13.2. The fourth-order valence-corrected chi connectivity index (χ4v) is 3.27. The van der Waals surface area contributed by atoms with Crippen LogP contribution < -0.4 is 0 Å². The van der Waals surface area contributed by atoms with E-state index in [1.165, 1.54) is 0 Å². The SMILES string of the molecule is Oc1cccc(CCn2ccc3c(Cl)nc4ccccc4c32)c1. The van der Waals surface area contributed by atoms with E-state index < -0.39 is 0 Å². The number of hydrogen-bond acceptors (Lipinski definition) is 2. The highest BCUT2D eigenvalue weighted by Gasteiger charge is 2.11. The number of rotatable bonds is 3. The zero-order chi connectivity index (χ0) is 15.8. The van der Waals surface area contributed by atoms with Gasteiger partial charge in [0.1, 0.15) is 10.9 Å². The van der Waals surface area contributed by atoms with Crippen molar-refractivity contribution >= 4 is 33.4 Å². The normalized spacial score (nSPS) is 11.3. The molecule has 4 aromatic rings. The number of phenols is 1. The van der Waals surface area contributed by atoms with E-state index in [2.05, 4.69) is 15.6 Å². The van der Waals surface area contributed by atoms with Crippen molar-refractivity contribution in [2.75, 3.05) is 0 Å². The lowest BCUT2D eigenvalue weighted by Crippen LogP contribution is -2.00. The van der Waals surface area contributed by atoms with Gasteiger partial charge in [0.25, 0.3) is 0 Å². The van der Waals surface area contributed by atoms with Gasteiger partial charge in [0, 0.05) is 23.5 Å². The summed E-state index contributed by atoms with van der Waals surface area (Å²) < 4.78 is 2.20. The van der Waals surface area contributed by atoms with Crippen molar-refractivity contribution in [3.63, 3.8) is 0 Å². The van der Waals surface area contributed by atoms with Crippen LogP contribution in [0.4, 0.5) is 0 Å². The minimum atomic E-state index is 0.303. The number of aryl methyl sites for hydroxylation is 2. The maximum Gasteiger partial charge on any atom is 0.139 e. The van der Waals surface area contributed by atoms with Gasteiger partial charge in [-0.3, -0.25) is 0 Å². The molecule has 3 nitrogen and oxygen atoms in total. The lowest BCUT2D eigenvalue weighted by molar-refractivity contribution is 0.474. The van der Waals surface area contributed by atoms with Crippen LogP contribution in [0.25, 0.3) is 21.8 Å². The van der Waals surface area contributed by atoms with Crippen LogP contribution in [0.3, 0.4) is 0 Å². The molecule has 23 heavy (non-hydrogen) atoms. The summed E-state index contributed by atoms with van der Waals surface area (Å²) in [7, 11) is 0. The van der Waals surface area contributed by atoms with Gasteiger partial charge in [-0.15, -0.1) is 0 Å². The largest absolute Gasteiger partial charge is 0.508 e. The first-order valence-electron chi connectivity index (χ1n) is 7.53. The molecule has 0 radical (unpaired) electrons. The molecule has 4 heteroatoms. The van der Waals surface area contributed by atoms with Crippen LogP contribution in [0.2, 0.25) is 5.15 Å². The number of nitrogens with zero attached hydrogens (tertiary/aromatic N) is 2. The monoisotopic (exact) mass is 322 g/mol. The van der Waals surface area contributed by atoms with Crippen molar-refractivity contribution in [2.45, 2.75) is 13.0 Å². The number of benzene rings is 2. The minimum Gasteiger partial charge on any atom is -0.508 e. The number of aromatic hydroxyl groups is 1.